The highest BCUT2D eigenvalue weighted by atomic mass is 79.9. The standard InChI is InChI=1S/C18H22BrN3O3/c1-10(2)7-14-18(25)22-9-13(8-15(22)17(24)21-14)20-16(23)11-3-5-12(19)6-4-11/h3-6,10,13-15H,7-9H2,1-2H3,(H,20,23)(H,21,24)/t13-,14+,15-/m0/s1. The Morgan fingerprint density at radius 3 is 2.64 bits per heavy atom. The van der Waals surface area contributed by atoms with Crippen LogP contribution in [0, 0.1) is 5.92 Å². The lowest BCUT2D eigenvalue weighted by Crippen LogP contribution is -2.61. The molecule has 3 rings (SSSR count). The maximum Gasteiger partial charge on any atom is 0.251 e. The van der Waals surface area contributed by atoms with Crippen molar-refractivity contribution < 1.29 is 14.4 Å². The largest absolute Gasteiger partial charge is 0.347 e. The monoisotopic (exact) mass is 407 g/mol. The highest BCUT2D eigenvalue weighted by Gasteiger charge is 2.46. The molecule has 2 saturated heterocycles. The summed E-state index contributed by atoms with van der Waals surface area (Å²) in [6.45, 7) is 4.43. The normalized spacial score (nSPS) is 25.8. The summed E-state index contributed by atoms with van der Waals surface area (Å²) in [4.78, 5) is 38.9. The molecule has 0 unspecified atom stereocenters. The predicted octanol–water partition coefficient (Wildman–Crippen LogP) is 1.69. The van der Waals surface area contributed by atoms with Gasteiger partial charge < -0.3 is 15.5 Å². The first kappa shape index (κ1) is 17.9. The lowest BCUT2D eigenvalue weighted by molar-refractivity contribution is -0.147. The molecule has 0 saturated carbocycles. The van der Waals surface area contributed by atoms with Crippen LogP contribution >= 0.6 is 15.9 Å². The molecule has 7 heteroatoms. The summed E-state index contributed by atoms with van der Waals surface area (Å²) in [7, 11) is 0. The number of carbonyl (C=O) groups excluding carboxylic acids is 3. The number of carbonyl (C=O) groups is 3. The summed E-state index contributed by atoms with van der Waals surface area (Å²) in [6.07, 6.45) is 1.08. The Morgan fingerprint density at radius 2 is 2.00 bits per heavy atom. The SMILES string of the molecule is CC(C)C[C@H]1NC(=O)[C@@H]2C[C@H](NC(=O)c3ccc(Br)cc3)CN2C1=O. The molecule has 2 heterocycles. The molecule has 2 fully saturated rings. The molecule has 25 heavy (non-hydrogen) atoms. The number of rotatable bonds is 4. The van der Waals surface area contributed by atoms with Gasteiger partial charge in [-0.25, -0.2) is 0 Å². The van der Waals surface area contributed by atoms with Gasteiger partial charge in [-0.15, -0.1) is 0 Å². The van der Waals surface area contributed by atoms with Crippen LogP contribution in [0.5, 0.6) is 0 Å². The van der Waals surface area contributed by atoms with E-state index < -0.39 is 12.1 Å². The fourth-order valence-corrected chi connectivity index (χ4v) is 3.73. The lowest BCUT2D eigenvalue weighted by atomic mass is 9.99. The van der Waals surface area contributed by atoms with Gasteiger partial charge in [0.2, 0.25) is 11.8 Å². The highest BCUT2D eigenvalue weighted by Crippen LogP contribution is 2.25. The second kappa shape index (κ2) is 7.15. The first-order chi connectivity index (χ1) is 11.8. The predicted molar refractivity (Wildman–Crippen MR) is 96.9 cm³/mol. The second-order valence-corrected chi connectivity index (χ2v) is 8.03. The molecule has 0 bridgehead atoms. The molecule has 6 nitrogen and oxygen atoms in total. The van der Waals surface area contributed by atoms with Crippen LogP contribution in [0.1, 0.15) is 37.0 Å². The Morgan fingerprint density at radius 1 is 1.32 bits per heavy atom. The summed E-state index contributed by atoms with van der Waals surface area (Å²) in [5.74, 6) is -0.0328. The van der Waals surface area contributed by atoms with Crippen molar-refractivity contribution in [1.29, 1.82) is 0 Å². The van der Waals surface area contributed by atoms with Gasteiger partial charge in [-0.05, 0) is 43.0 Å². The van der Waals surface area contributed by atoms with Gasteiger partial charge >= 0.3 is 0 Å². The van der Waals surface area contributed by atoms with E-state index in [4.69, 9.17) is 0 Å². The average Bonchev–Trinajstić information content (AvgIpc) is 2.97. The molecule has 0 aromatic heterocycles. The molecule has 0 aliphatic carbocycles. The number of hydrogen-bond acceptors (Lipinski definition) is 3. The van der Waals surface area contributed by atoms with Crippen molar-refractivity contribution >= 4 is 33.7 Å². The van der Waals surface area contributed by atoms with Crippen LogP contribution in [-0.4, -0.2) is 47.3 Å². The first-order valence-electron chi connectivity index (χ1n) is 8.52. The Kier molecular flexibility index (Phi) is 5.13. The van der Waals surface area contributed by atoms with Crippen LogP contribution in [0.3, 0.4) is 0 Å². The van der Waals surface area contributed by atoms with Crippen LogP contribution in [0.2, 0.25) is 0 Å². The maximum absolute atomic E-state index is 12.6. The van der Waals surface area contributed by atoms with E-state index in [9.17, 15) is 14.4 Å². The van der Waals surface area contributed by atoms with E-state index >= 15 is 0 Å². The van der Waals surface area contributed by atoms with Gasteiger partial charge in [0.1, 0.15) is 12.1 Å². The third kappa shape index (κ3) is 3.86. The number of nitrogens with one attached hydrogen (secondary N) is 2. The Bertz CT molecular complexity index is 689. The van der Waals surface area contributed by atoms with Crippen LogP contribution in [0.4, 0.5) is 0 Å². The number of hydrogen-bond donors (Lipinski definition) is 2. The van der Waals surface area contributed by atoms with Crippen LogP contribution < -0.4 is 10.6 Å². The quantitative estimate of drug-likeness (QED) is 0.796. The maximum atomic E-state index is 12.6. The zero-order valence-corrected chi connectivity index (χ0v) is 15.9. The van der Waals surface area contributed by atoms with Crippen molar-refractivity contribution in [2.45, 2.75) is 44.8 Å². The van der Waals surface area contributed by atoms with E-state index in [-0.39, 0.29) is 23.8 Å². The van der Waals surface area contributed by atoms with E-state index in [1.54, 1.807) is 29.2 Å². The number of fused-ring (bicyclic) bond motifs is 1. The summed E-state index contributed by atoms with van der Waals surface area (Å²) in [5, 5.41) is 5.77. The first-order valence-corrected chi connectivity index (χ1v) is 9.31. The zero-order chi connectivity index (χ0) is 18.1. The smallest absolute Gasteiger partial charge is 0.251 e. The number of piperazine rings is 1. The summed E-state index contributed by atoms with van der Waals surface area (Å²) in [5.41, 5.74) is 0.557. The second-order valence-electron chi connectivity index (χ2n) is 7.11. The minimum Gasteiger partial charge on any atom is -0.347 e. The van der Waals surface area contributed by atoms with Gasteiger partial charge in [-0.2, -0.15) is 0 Å². The fourth-order valence-electron chi connectivity index (χ4n) is 3.46. The Labute approximate surface area is 155 Å². The summed E-state index contributed by atoms with van der Waals surface area (Å²) >= 11 is 3.34. The van der Waals surface area contributed by atoms with Gasteiger partial charge in [0.15, 0.2) is 0 Å². The van der Waals surface area contributed by atoms with Crippen LogP contribution in [-0.2, 0) is 9.59 Å². The minimum absolute atomic E-state index is 0.0429. The van der Waals surface area contributed by atoms with Crippen LogP contribution in [0.15, 0.2) is 28.7 Å². The average molecular weight is 408 g/mol. The zero-order valence-electron chi connectivity index (χ0n) is 14.3. The van der Waals surface area contributed by atoms with Gasteiger partial charge in [-0.3, -0.25) is 14.4 Å². The highest BCUT2D eigenvalue weighted by molar-refractivity contribution is 9.10. The minimum atomic E-state index is -0.480. The molecular weight excluding hydrogens is 386 g/mol. The van der Waals surface area contributed by atoms with Crippen molar-refractivity contribution in [3.63, 3.8) is 0 Å². The molecular formula is C18H22BrN3O3. The van der Waals surface area contributed by atoms with Crippen molar-refractivity contribution in [2.75, 3.05) is 6.54 Å². The van der Waals surface area contributed by atoms with Gasteiger partial charge in [0, 0.05) is 22.6 Å². The molecule has 2 aliphatic rings. The molecule has 0 radical (unpaired) electrons. The summed E-state index contributed by atoms with van der Waals surface area (Å²) in [6, 6.07) is 5.93. The molecule has 134 valence electrons. The fraction of sp³-hybridized carbons (Fsp3) is 0.500. The molecule has 2 aliphatic heterocycles. The van der Waals surface area contributed by atoms with E-state index in [0.717, 1.165) is 4.47 Å². The van der Waals surface area contributed by atoms with Crippen molar-refractivity contribution in [1.82, 2.24) is 15.5 Å². The third-order valence-corrected chi connectivity index (χ3v) is 5.18. The van der Waals surface area contributed by atoms with E-state index in [1.165, 1.54) is 0 Å². The number of benzene rings is 1. The van der Waals surface area contributed by atoms with Crippen LogP contribution in [0.25, 0.3) is 0 Å². The number of amides is 3. The molecule has 3 atom stereocenters. The van der Waals surface area contributed by atoms with Crippen molar-refractivity contribution in [3.05, 3.63) is 34.3 Å². The Balaban J connectivity index is 1.65. The van der Waals surface area contributed by atoms with E-state index in [2.05, 4.69) is 26.6 Å². The topological polar surface area (TPSA) is 78.5 Å². The van der Waals surface area contributed by atoms with Gasteiger partial charge in [0.05, 0.1) is 0 Å². The van der Waals surface area contributed by atoms with Crippen molar-refractivity contribution in [3.8, 4) is 0 Å². The lowest BCUT2D eigenvalue weighted by Gasteiger charge is -2.35. The number of halogens is 1. The van der Waals surface area contributed by atoms with E-state index in [0.29, 0.717) is 30.9 Å². The van der Waals surface area contributed by atoms with Crippen molar-refractivity contribution in [2.24, 2.45) is 5.92 Å². The van der Waals surface area contributed by atoms with Gasteiger partial charge in [0.25, 0.3) is 5.91 Å². The number of nitrogens with zero attached hydrogens (tertiary/aromatic N) is 1. The Hall–Kier alpha value is -1.89. The molecule has 2 N–H and O–H groups in total. The molecule has 0 spiro atoms. The van der Waals surface area contributed by atoms with E-state index in [1.807, 2.05) is 13.8 Å². The molecule has 3 amide bonds. The van der Waals surface area contributed by atoms with Gasteiger partial charge in [-0.1, -0.05) is 29.8 Å². The third-order valence-electron chi connectivity index (χ3n) is 4.65. The summed E-state index contributed by atoms with van der Waals surface area (Å²) < 4.78 is 0.903. The molecule has 1 aromatic rings. The molecule has 1 aromatic carbocycles.